The topological polar surface area (TPSA) is 89.5 Å². The highest BCUT2D eigenvalue weighted by molar-refractivity contribution is 7.89. The SMILES string of the molecule is CC(=O)c1ccc(S(=O)(=O)N2CC[C@@H](Oc3ncccn3)C2)cc1. The molecule has 1 saturated heterocycles. The Morgan fingerprint density at radius 1 is 1.21 bits per heavy atom. The van der Waals surface area contributed by atoms with E-state index in [9.17, 15) is 13.2 Å². The minimum absolute atomic E-state index is 0.101. The molecule has 0 amide bonds. The Balaban J connectivity index is 1.71. The van der Waals surface area contributed by atoms with Crippen molar-refractivity contribution < 1.29 is 17.9 Å². The van der Waals surface area contributed by atoms with Gasteiger partial charge in [-0.05, 0) is 31.5 Å². The zero-order valence-electron chi connectivity index (χ0n) is 13.1. The van der Waals surface area contributed by atoms with Crippen LogP contribution < -0.4 is 4.74 Å². The van der Waals surface area contributed by atoms with Crippen molar-refractivity contribution in [1.82, 2.24) is 14.3 Å². The molecule has 0 saturated carbocycles. The van der Waals surface area contributed by atoms with Gasteiger partial charge in [-0.3, -0.25) is 4.79 Å². The monoisotopic (exact) mass is 347 g/mol. The molecule has 7 nitrogen and oxygen atoms in total. The van der Waals surface area contributed by atoms with Crippen LogP contribution in [-0.4, -0.2) is 47.7 Å². The highest BCUT2D eigenvalue weighted by atomic mass is 32.2. The van der Waals surface area contributed by atoms with Crippen LogP contribution >= 0.6 is 0 Å². The number of ether oxygens (including phenoxy) is 1. The maximum atomic E-state index is 12.7. The highest BCUT2D eigenvalue weighted by Crippen LogP contribution is 2.23. The first kappa shape index (κ1) is 16.5. The number of sulfonamides is 1. The van der Waals surface area contributed by atoms with Crippen LogP contribution in [0.15, 0.2) is 47.6 Å². The molecule has 1 atom stereocenters. The number of ketones is 1. The molecule has 0 spiro atoms. The van der Waals surface area contributed by atoms with Gasteiger partial charge >= 0.3 is 6.01 Å². The number of carbonyl (C=O) groups excluding carboxylic acids is 1. The summed E-state index contributed by atoms with van der Waals surface area (Å²) in [6, 6.07) is 7.89. The number of carbonyl (C=O) groups is 1. The third kappa shape index (κ3) is 3.44. The molecule has 0 aliphatic carbocycles. The Hall–Kier alpha value is -2.32. The summed E-state index contributed by atoms with van der Waals surface area (Å²) in [6.45, 7) is 2.06. The van der Waals surface area contributed by atoms with Crippen molar-refractivity contribution in [3.63, 3.8) is 0 Å². The van der Waals surface area contributed by atoms with Crippen molar-refractivity contribution in [2.45, 2.75) is 24.3 Å². The molecule has 2 heterocycles. The van der Waals surface area contributed by atoms with Gasteiger partial charge < -0.3 is 4.74 Å². The number of hydrogen-bond donors (Lipinski definition) is 0. The second-order valence-electron chi connectivity index (χ2n) is 5.50. The lowest BCUT2D eigenvalue weighted by atomic mass is 10.2. The minimum atomic E-state index is -3.61. The van der Waals surface area contributed by atoms with Crippen molar-refractivity contribution in [2.24, 2.45) is 0 Å². The van der Waals surface area contributed by atoms with Gasteiger partial charge in [0.05, 0.1) is 11.4 Å². The van der Waals surface area contributed by atoms with Gasteiger partial charge in [0, 0.05) is 24.5 Å². The summed E-state index contributed by atoms with van der Waals surface area (Å²) in [5.74, 6) is -0.101. The lowest BCUT2D eigenvalue weighted by Crippen LogP contribution is -2.31. The normalized spacial score (nSPS) is 18.5. The van der Waals surface area contributed by atoms with Crippen molar-refractivity contribution in [2.75, 3.05) is 13.1 Å². The van der Waals surface area contributed by atoms with E-state index in [-0.39, 0.29) is 29.3 Å². The third-order valence-corrected chi connectivity index (χ3v) is 5.70. The van der Waals surface area contributed by atoms with E-state index in [1.54, 1.807) is 18.5 Å². The largest absolute Gasteiger partial charge is 0.459 e. The fourth-order valence-corrected chi connectivity index (χ4v) is 4.00. The summed E-state index contributed by atoms with van der Waals surface area (Å²) in [6.07, 6.45) is 3.44. The Kier molecular flexibility index (Phi) is 4.59. The van der Waals surface area contributed by atoms with Gasteiger partial charge in [-0.2, -0.15) is 4.31 Å². The number of rotatable bonds is 5. The van der Waals surface area contributed by atoms with Crippen LogP contribution in [0.5, 0.6) is 6.01 Å². The quantitative estimate of drug-likeness (QED) is 0.762. The highest BCUT2D eigenvalue weighted by Gasteiger charge is 2.34. The molecule has 1 aromatic carbocycles. The molecule has 2 aromatic rings. The van der Waals surface area contributed by atoms with Crippen LogP contribution in [0.25, 0.3) is 0 Å². The average Bonchev–Trinajstić information content (AvgIpc) is 3.05. The van der Waals surface area contributed by atoms with Gasteiger partial charge in [0.2, 0.25) is 10.0 Å². The molecule has 0 unspecified atom stereocenters. The molecule has 1 fully saturated rings. The van der Waals surface area contributed by atoms with Crippen LogP contribution in [0.3, 0.4) is 0 Å². The van der Waals surface area contributed by atoms with E-state index in [0.717, 1.165) is 0 Å². The lowest BCUT2D eigenvalue weighted by molar-refractivity contribution is 0.101. The molecule has 0 N–H and O–H groups in total. The first-order chi connectivity index (χ1) is 11.5. The molecule has 24 heavy (non-hydrogen) atoms. The molecular weight excluding hydrogens is 330 g/mol. The lowest BCUT2D eigenvalue weighted by Gasteiger charge is -2.17. The van der Waals surface area contributed by atoms with Crippen LogP contribution in [0, 0.1) is 0 Å². The zero-order valence-corrected chi connectivity index (χ0v) is 13.9. The standard InChI is InChI=1S/C16H17N3O4S/c1-12(20)13-3-5-15(6-4-13)24(21,22)19-10-7-14(11-19)23-16-17-8-2-9-18-16/h2-6,8-9,14H,7,10-11H2,1H3/t14-/m1/s1. The Morgan fingerprint density at radius 2 is 1.88 bits per heavy atom. The predicted octanol–water partition coefficient (Wildman–Crippen LogP) is 1.52. The maximum Gasteiger partial charge on any atom is 0.316 e. The minimum Gasteiger partial charge on any atom is -0.459 e. The van der Waals surface area contributed by atoms with Gasteiger partial charge in [-0.15, -0.1) is 0 Å². The van der Waals surface area contributed by atoms with E-state index in [2.05, 4.69) is 9.97 Å². The molecular formula is C16H17N3O4S. The van der Waals surface area contributed by atoms with Gasteiger partial charge in [0.1, 0.15) is 6.10 Å². The van der Waals surface area contributed by atoms with E-state index in [1.165, 1.54) is 35.5 Å². The van der Waals surface area contributed by atoms with Gasteiger partial charge in [-0.1, -0.05) is 12.1 Å². The van der Waals surface area contributed by atoms with Crippen LogP contribution in [0.1, 0.15) is 23.7 Å². The Bertz CT molecular complexity index is 822. The summed E-state index contributed by atoms with van der Waals surface area (Å²) in [7, 11) is -3.61. The first-order valence-electron chi connectivity index (χ1n) is 7.51. The van der Waals surface area contributed by atoms with Gasteiger partial charge in [0.25, 0.3) is 0 Å². The third-order valence-electron chi connectivity index (χ3n) is 3.82. The number of hydrogen-bond acceptors (Lipinski definition) is 6. The second kappa shape index (κ2) is 6.66. The Labute approximate surface area is 140 Å². The predicted molar refractivity (Wildman–Crippen MR) is 86.3 cm³/mol. The van der Waals surface area contributed by atoms with Crippen LogP contribution in [-0.2, 0) is 10.0 Å². The van der Waals surface area contributed by atoms with Crippen molar-refractivity contribution >= 4 is 15.8 Å². The van der Waals surface area contributed by atoms with E-state index < -0.39 is 10.0 Å². The summed E-state index contributed by atoms with van der Waals surface area (Å²) < 4.78 is 32.3. The number of Topliss-reactive ketones (excluding diaryl/α,β-unsaturated/α-hetero) is 1. The molecule has 1 aliphatic heterocycles. The van der Waals surface area contributed by atoms with E-state index in [0.29, 0.717) is 18.5 Å². The summed E-state index contributed by atoms with van der Waals surface area (Å²) in [4.78, 5) is 19.4. The van der Waals surface area contributed by atoms with Crippen molar-refractivity contribution in [3.8, 4) is 6.01 Å². The van der Waals surface area contributed by atoms with E-state index in [4.69, 9.17) is 4.74 Å². The molecule has 8 heteroatoms. The second-order valence-corrected chi connectivity index (χ2v) is 7.44. The van der Waals surface area contributed by atoms with E-state index >= 15 is 0 Å². The average molecular weight is 347 g/mol. The molecule has 1 aromatic heterocycles. The van der Waals surface area contributed by atoms with Crippen molar-refractivity contribution in [3.05, 3.63) is 48.3 Å². The zero-order chi connectivity index (χ0) is 17.2. The molecule has 3 rings (SSSR count). The molecule has 126 valence electrons. The smallest absolute Gasteiger partial charge is 0.316 e. The van der Waals surface area contributed by atoms with Crippen LogP contribution in [0.2, 0.25) is 0 Å². The fraction of sp³-hybridized carbons (Fsp3) is 0.312. The van der Waals surface area contributed by atoms with E-state index in [1.807, 2.05) is 0 Å². The molecule has 0 radical (unpaired) electrons. The van der Waals surface area contributed by atoms with Crippen LogP contribution in [0.4, 0.5) is 0 Å². The van der Waals surface area contributed by atoms with Crippen molar-refractivity contribution in [1.29, 1.82) is 0 Å². The number of nitrogens with zero attached hydrogens (tertiary/aromatic N) is 3. The van der Waals surface area contributed by atoms with Gasteiger partial charge in [0.15, 0.2) is 5.78 Å². The fourth-order valence-electron chi connectivity index (χ4n) is 2.52. The van der Waals surface area contributed by atoms with Gasteiger partial charge in [-0.25, -0.2) is 18.4 Å². The summed E-state index contributed by atoms with van der Waals surface area (Å²) >= 11 is 0. The Morgan fingerprint density at radius 3 is 2.50 bits per heavy atom. The number of benzene rings is 1. The maximum absolute atomic E-state index is 12.7. The first-order valence-corrected chi connectivity index (χ1v) is 8.95. The molecule has 0 bridgehead atoms. The summed E-state index contributed by atoms with van der Waals surface area (Å²) in [5.41, 5.74) is 0.484. The number of aromatic nitrogens is 2. The molecule has 1 aliphatic rings. The summed E-state index contributed by atoms with van der Waals surface area (Å²) in [5, 5.41) is 0.